The molecule has 3 rings (SSSR count). The highest BCUT2D eigenvalue weighted by molar-refractivity contribution is 5.56. The number of hydrogen-bond acceptors (Lipinski definition) is 3. The Labute approximate surface area is 153 Å². The number of hydrogen-bond donors (Lipinski definition) is 1. The van der Waals surface area contributed by atoms with Crippen molar-refractivity contribution < 1.29 is 5.11 Å². The summed E-state index contributed by atoms with van der Waals surface area (Å²) in [4.78, 5) is 17.9. The van der Waals surface area contributed by atoms with Gasteiger partial charge in [0, 0.05) is 29.8 Å². The normalized spacial score (nSPS) is 10.9. The lowest BCUT2D eigenvalue weighted by Crippen LogP contribution is -2.29. The molecule has 26 heavy (non-hydrogen) atoms. The van der Waals surface area contributed by atoms with Crippen LogP contribution in [0.4, 0.5) is 0 Å². The van der Waals surface area contributed by atoms with Gasteiger partial charge in [0.15, 0.2) is 0 Å². The van der Waals surface area contributed by atoms with Crippen LogP contribution >= 0.6 is 0 Å². The van der Waals surface area contributed by atoms with Gasteiger partial charge in [-0.3, -0.25) is 9.36 Å². The van der Waals surface area contributed by atoms with Crippen LogP contribution in [0.2, 0.25) is 0 Å². The average Bonchev–Trinajstić information content (AvgIpc) is 2.64. The summed E-state index contributed by atoms with van der Waals surface area (Å²) in [5.41, 5.74) is 5.50. The Morgan fingerprint density at radius 2 is 1.77 bits per heavy atom. The summed E-state index contributed by atoms with van der Waals surface area (Å²) in [6.07, 6.45) is 0.319. The van der Waals surface area contributed by atoms with Gasteiger partial charge >= 0.3 is 0 Å². The van der Waals surface area contributed by atoms with Crippen LogP contribution in [-0.2, 0) is 13.0 Å². The monoisotopic (exact) mass is 348 g/mol. The number of aryl methyl sites for hydroxylation is 3. The minimum absolute atomic E-state index is 0.0636. The minimum atomic E-state index is -0.0775. The van der Waals surface area contributed by atoms with E-state index in [1.807, 2.05) is 37.3 Å². The molecule has 0 aliphatic carbocycles. The zero-order chi connectivity index (χ0) is 18.7. The highest BCUT2D eigenvalue weighted by atomic mass is 16.3. The molecule has 134 valence electrons. The molecule has 0 saturated heterocycles. The number of aromatic nitrogens is 2. The molecule has 0 radical (unpaired) electrons. The Morgan fingerprint density at radius 1 is 1.04 bits per heavy atom. The predicted octanol–water partition coefficient (Wildman–Crippen LogP) is 3.42. The second kappa shape index (κ2) is 7.67. The second-order valence-electron chi connectivity index (χ2n) is 6.66. The number of aliphatic hydroxyl groups is 1. The smallest absolute Gasteiger partial charge is 0.257 e. The van der Waals surface area contributed by atoms with Gasteiger partial charge in [-0.2, -0.15) is 0 Å². The quantitative estimate of drug-likeness (QED) is 0.769. The molecule has 4 nitrogen and oxygen atoms in total. The molecule has 0 spiro atoms. The van der Waals surface area contributed by atoms with Crippen LogP contribution < -0.4 is 5.56 Å². The minimum Gasteiger partial charge on any atom is -0.396 e. The standard InChI is InChI=1S/C22H24N2O2/c1-15-9-10-16(2)19(13-15)14-24-21(18-7-5-4-6-8-18)23-17(3)20(11-12-25)22(24)26/h4-10,13,25H,11-12,14H2,1-3H3. The maximum Gasteiger partial charge on any atom is 0.257 e. The molecule has 0 aliphatic rings. The summed E-state index contributed by atoms with van der Waals surface area (Å²) in [6.45, 7) is 6.34. The molecular weight excluding hydrogens is 324 g/mol. The third-order valence-corrected chi connectivity index (χ3v) is 4.70. The zero-order valence-corrected chi connectivity index (χ0v) is 15.5. The first kappa shape index (κ1) is 18.1. The van der Waals surface area contributed by atoms with Crippen molar-refractivity contribution in [1.82, 2.24) is 9.55 Å². The summed E-state index contributed by atoms with van der Waals surface area (Å²) in [5.74, 6) is 0.663. The molecule has 1 heterocycles. The summed E-state index contributed by atoms with van der Waals surface area (Å²) < 4.78 is 1.73. The van der Waals surface area contributed by atoms with Crippen molar-refractivity contribution in [2.75, 3.05) is 6.61 Å². The van der Waals surface area contributed by atoms with Crippen LogP contribution in [0.15, 0.2) is 53.3 Å². The van der Waals surface area contributed by atoms with Gasteiger partial charge in [-0.15, -0.1) is 0 Å². The fraction of sp³-hybridized carbons (Fsp3) is 0.273. The van der Waals surface area contributed by atoms with Gasteiger partial charge < -0.3 is 5.11 Å². The van der Waals surface area contributed by atoms with E-state index in [2.05, 4.69) is 32.0 Å². The Balaban J connectivity index is 2.22. The van der Waals surface area contributed by atoms with Crippen LogP contribution in [0.5, 0.6) is 0 Å². The summed E-state index contributed by atoms with van der Waals surface area (Å²) >= 11 is 0. The van der Waals surface area contributed by atoms with Gasteiger partial charge in [-0.1, -0.05) is 54.1 Å². The number of benzene rings is 2. The van der Waals surface area contributed by atoms with Gasteiger partial charge in [0.2, 0.25) is 0 Å². The lowest BCUT2D eigenvalue weighted by molar-refractivity contribution is 0.298. The van der Waals surface area contributed by atoms with E-state index < -0.39 is 0 Å². The molecule has 1 N–H and O–H groups in total. The highest BCUT2D eigenvalue weighted by Gasteiger charge is 2.16. The average molecular weight is 348 g/mol. The first-order chi connectivity index (χ1) is 12.5. The van der Waals surface area contributed by atoms with Crippen molar-refractivity contribution in [2.45, 2.75) is 33.7 Å². The van der Waals surface area contributed by atoms with E-state index >= 15 is 0 Å². The van der Waals surface area contributed by atoms with Crippen molar-refractivity contribution in [1.29, 1.82) is 0 Å². The first-order valence-electron chi connectivity index (χ1n) is 8.84. The van der Waals surface area contributed by atoms with Crippen molar-refractivity contribution in [2.24, 2.45) is 0 Å². The van der Waals surface area contributed by atoms with E-state index in [0.717, 1.165) is 22.3 Å². The molecule has 0 unspecified atom stereocenters. The van der Waals surface area contributed by atoms with Crippen molar-refractivity contribution >= 4 is 0 Å². The predicted molar refractivity (Wildman–Crippen MR) is 104 cm³/mol. The SMILES string of the molecule is Cc1ccc(C)c(Cn2c(-c3ccccc3)nc(C)c(CCO)c2=O)c1. The van der Waals surface area contributed by atoms with Crippen LogP contribution in [-0.4, -0.2) is 21.3 Å². The lowest BCUT2D eigenvalue weighted by atomic mass is 10.0. The molecule has 0 bridgehead atoms. The Morgan fingerprint density at radius 3 is 2.46 bits per heavy atom. The molecule has 2 aromatic carbocycles. The first-order valence-corrected chi connectivity index (χ1v) is 8.84. The molecule has 4 heteroatoms. The van der Waals surface area contributed by atoms with Crippen molar-refractivity contribution in [3.05, 3.63) is 86.8 Å². The largest absolute Gasteiger partial charge is 0.396 e. The van der Waals surface area contributed by atoms with E-state index in [0.29, 0.717) is 30.0 Å². The maximum absolute atomic E-state index is 13.2. The van der Waals surface area contributed by atoms with Crippen LogP contribution in [0.25, 0.3) is 11.4 Å². The van der Waals surface area contributed by atoms with Crippen LogP contribution in [0.3, 0.4) is 0 Å². The van der Waals surface area contributed by atoms with Crippen molar-refractivity contribution in [3.8, 4) is 11.4 Å². The third-order valence-electron chi connectivity index (χ3n) is 4.70. The maximum atomic E-state index is 13.2. The molecule has 0 saturated carbocycles. The molecule has 0 aliphatic heterocycles. The van der Waals surface area contributed by atoms with E-state index in [4.69, 9.17) is 4.98 Å². The van der Waals surface area contributed by atoms with E-state index in [1.54, 1.807) is 4.57 Å². The van der Waals surface area contributed by atoms with Gasteiger partial charge in [0.25, 0.3) is 5.56 Å². The van der Waals surface area contributed by atoms with E-state index in [-0.39, 0.29) is 12.2 Å². The van der Waals surface area contributed by atoms with Gasteiger partial charge in [0.1, 0.15) is 5.82 Å². The molecule has 0 amide bonds. The number of nitrogens with zero attached hydrogens (tertiary/aromatic N) is 2. The fourth-order valence-electron chi connectivity index (χ4n) is 3.20. The number of rotatable bonds is 5. The molecule has 1 aromatic heterocycles. The summed E-state index contributed by atoms with van der Waals surface area (Å²) in [5, 5.41) is 9.34. The van der Waals surface area contributed by atoms with Crippen molar-refractivity contribution in [3.63, 3.8) is 0 Å². The molecule has 0 fully saturated rings. The lowest BCUT2D eigenvalue weighted by Gasteiger charge is -2.17. The number of aliphatic hydroxyl groups excluding tert-OH is 1. The summed E-state index contributed by atoms with van der Waals surface area (Å²) in [7, 11) is 0. The van der Waals surface area contributed by atoms with Crippen LogP contribution in [0.1, 0.15) is 27.9 Å². The molecule has 0 atom stereocenters. The van der Waals surface area contributed by atoms with E-state index in [1.165, 1.54) is 0 Å². The topological polar surface area (TPSA) is 55.1 Å². The Kier molecular flexibility index (Phi) is 5.33. The molecule has 3 aromatic rings. The zero-order valence-electron chi connectivity index (χ0n) is 15.5. The van der Waals surface area contributed by atoms with Gasteiger partial charge in [-0.25, -0.2) is 4.98 Å². The second-order valence-corrected chi connectivity index (χ2v) is 6.66. The highest BCUT2D eigenvalue weighted by Crippen LogP contribution is 2.20. The fourth-order valence-corrected chi connectivity index (χ4v) is 3.20. The molecular formula is C22H24N2O2. The third kappa shape index (κ3) is 3.60. The van der Waals surface area contributed by atoms with Crippen LogP contribution in [0, 0.1) is 20.8 Å². The Bertz CT molecular complexity index is 975. The Hall–Kier alpha value is -2.72. The summed E-state index contributed by atoms with van der Waals surface area (Å²) in [6, 6.07) is 16.0. The van der Waals surface area contributed by atoms with Gasteiger partial charge in [0.05, 0.1) is 6.54 Å². The van der Waals surface area contributed by atoms with Gasteiger partial charge in [-0.05, 0) is 31.9 Å². The van der Waals surface area contributed by atoms with E-state index in [9.17, 15) is 9.90 Å².